The van der Waals surface area contributed by atoms with Gasteiger partial charge < -0.3 is 10.1 Å². The Labute approximate surface area is 134 Å². The van der Waals surface area contributed by atoms with Gasteiger partial charge in [0.2, 0.25) is 0 Å². The molecule has 0 aromatic heterocycles. The van der Waals surface area contributed by atoms with Gasteiger partial charge in [0.15, 0.2) is 0 Å². The molecule has 1 fully saturated rings. The van der Waals surface area contributed by atoms with E-state index in [1.807, 2.05) is 0 Å². The maximum absolute atomic E-state index is 12.7. The van der Waals surface area contributed by atoms with Gasteiger partial charge in [0, 0.05) is 36.3 Å². The van der Waals surface area contributed by atoms with Gasteiger partial charge in [-0.3, -0.25) is 4.21 Å². The van der Waals surface area contributed by atoms with E-state index in [-0.39, 0.29) is 0 Å². The number of hydrogen-bond donors (Lipinski definition) is 1. The van der Waals surface area contributed by atoms with Crippen LogP contribution in [-0.2, 0) is 15.5 Å². The molecule has 0 amide bonds. The van der Waals surface area contributed by atoms with Crippen LogP contribution >= 0.6 is 0 Å². The van der Waals surface area contributed by atoms with E-state index in [2.05, 4.69) is 33.0 Å². The standard InChI is InChI=1S/C17H35NO2S/c1-6-10-18-15-9-8-14(17(2,3)4)13-16(15)21(19)12-7-11-20-5/h14-16,18H,6-13H2,1-5H3. The van der Waals surface area contributed by atoms with Crippen molar-refractivity contribution in [3.8, 4) is 0 Å². The number of methoxy groups -OCH3 is 1. The van der Waals surface area contributed by atoms with Gasteiger partial charge in [0.1, 0.15) is 0 Å². The molecule has 0 aromatic rings. The molecule has 1 aliphatic rings. The van der Waals surface area contributed by atoms with Crippen molar-refractivity contribution in [1.82, 2.24) is 5.32 Å². The minimum atomic E-state index is -0.739. The van der Waals surface area contributed by atoms with E-state index in [9.17, 15) is 4.21 Å². The third-order valence-electron chi connectivity index (χ3n) is 4.70. The summed E-state index contributed by atoms with van der Waals surface area (Å²) in [6, 6.07) is 0.437. The highest BCUT2D eigenvalue weighted by atomic mass is 32.2. The van der Waals surface area contributed by atoms with Crippen molar-refractivity contribution in [2.75, 3.05) is 26.0 Å². The minimum Gasteiger partial charge on any atom is -0.385 e. The van der Waals surface area contributed by atoms with E-state index in [0.717, 1.165) is 31.6 Å². The van der Waals surface area contributed by atoms with Crippen LogP contribution in [0.5, 0.6) is 0 Å². The predicted molar refractivity (Wildman–Crippen MR) is 92.2 cm³/mol. The van der Waals surface area contributed by atoms with Crippen LogP contribution in [0, 0.1) is 11.3 Å². The SMILES string of the molecule is CCCNC1CCC(C(C)(C)C)CC1S(=O)CCCOC. The number of hydrogen-bond acceptors (Lipinski definition) is 3. The van der Waals surface area contributed by atoms with Gasteiger partial charge in [-0.2, -0.15) is 0 Å². The number of rotatable bonds is 8. The first-order valence-corrected chi connectivity index (χ1v) is 9.87. The molecule has 1 saturated carbocycles. The summed E-state index contributed by atoms with van der Waals surface area (Å²) >= 11 is 0. The highest BCUT2D eigenvalue weighted by Crippen LogP contribution is 2.39. The molecule has 0 spiro atoms. The molecule has 0 radical (unpaired) electrons. The molecule has 1 rings (SSSR count). The van der Waals surface area contributed by atoms with Gasteiger partial charge in [-0.15, -0.1) is 0 Å². The average Bonchev–Trinajstić information content (AvgIpc) is 2.44. The zero-order valence-corrected chi connectivity index (χ0v) is 15.4. The van der Waals surface area contributed by atoms with Gasteiger partial charge in [0.25, 0.3) is 0 Å². The maximum atomic E-state index is 12.7. The average molecular weight is 318 g/mol. The van der Waals surface area contributed by atoms with Crippen molar-refractivity contribution in [3.05, 3.63) is 0 Å². The van der Waals surface area contributed by atoms with Gasteiger partial charge in [-0.1, -0.05) is 27.7 Å². The third-order valence-corrected chi connectivity index (χ3v) is 6.59. The highest BCUT2D eigenvalue weighted by Gasteiger charge is 2.38. The molecule has 0 bridgehead atoms. The molecule has 1 N–H and O–H groups in total. The zero-order chi connectivity index (χ0) is 15.9. The maximum Gasteiger partial charge on any atom is 0.0504 e. The van der Waals surface area contributed by atoms with E-state index in [1.54, 1.807) is 7.11 Å². The summed E-state index contributed by atoms with van der Waals surface area (Å²) in [6.07, 6.45) is 5.58. The van der Waals surface area contributed by atoms with Crippen molar-refractivity contribution < 1.29 is 8.95 Å². The first kappa shape index (κ1) is 19.1. The fraction of sp³-hybridized carbons (Fsp3) is 1.00. The lowest BCUT2D eigenvalue weighted by Crippen LogP contribution is -2.48. The molecule has 0 aliphatic heterocycles. The van der Waals surface area contributed by atoms with Crippen LogP contribution in [-0.4, -0.2) is 41.5 Å². The first-order valence-electron chi connectivity index (χ1n) is 8.49. The Bertz CT molecular complexity index is 314. The molecule has 0 aromatic carbocycles. The lowest BCUT2D eigenvalue weighted by atomic mass is 9.71. The second kappa shape index (κ2) is 9.26. The Hall–Kier alpha value is 0.0700. The van der Waals surface area contributed by atoms with Crippen LogP contribution in [0.15, 0.2) is 0 Å². The van der Waals surface area contributed by atoms with E-state index in [4.69, 9.17) is 4.74 Å². The Kier molecular flexibility index (Phi) is 8.43. The second-order valence-corrected chi connectivity index (χ2v) is 9.18. The number of nitrogens with one attached hydrogen (secondary N) is 1. The molecule has 1 aliphatic carbocycles. The van der Waals surface area contributed by atoms with E-state index in [1.165, 1.54) is 12.8 Å². The molecule has 4 atom stereocenters. The van der Waals surface area contributed by atoms with E-state index >= 15 is 0 Å². The Morgan fingerprint density at radius 1 is 1.29 bits per heavy atom. The van der Waals surface area contributed by atoms with Crippen molar-refractivity contribution in [3.63, 3.8) is 0 Å². The number of ether oxygens (including phenoxy) is 1. The molecule has 4 heteroatoms. The lowest BCUT2D eigenvalue weighted by molar-refractivity contribution is 0.163. The van der Waals surface area contributed by atoms with Crippen molar-refractivity contribution >= 4 is 10.8 Å². The van der Waals surface area contributed by atoms with Gasteiger partial charge >= 0.3 is 0 Å². The Balaban J connectivity index is 2.66. The summed E-state index contributed by atoms with van der Waals surface area (Å²) in [5.74, 6) is 1.47. The van der Waals surface area contributed by atoms with Crippen molar-refractivity contribution in [1.29, 1.82) is 0 Å². The third kappa shape index (κ3) is 6.37. The molecule has 4 unspecified atom stereocenters. The molecule has 0 saturated heterocycles. The molecular formula is C17H35NO2S. The zero-order valence-electron chi connectivity index (χ0n) is 14.6. The van der Waals surface area contributed by atoms with Crippen LogP contribution in [0.1, 0.15) is 59.8 Å². The van der Waals surface area contributed by atoms with Gasteiger partial charge in [-0.25, -0.2) is 0 Å². The van der Waals surface area contributed by atoms with E-state index in [0.29, 0.717) is 29.2 Å². The predicted octanol–water partition coefficient (Wildman–Crippen LogP) is 3.35. The fourth-order valence-corrected chi connectivity index (χ4v) is 5.02. The highest BCUT2D eigenvalue weighted by molar-refractivity contribution is 7.85. The lowest BCUT2D eigenvalue weighted by Gasteiger charge is -2.41. The first-order chi connectivity index (χ1) is 9.90. The summed E-state index contributed by atoms with van der Waals surface area (Å²) in [4.78, 5) is 0. The van der Waals surface area contributed by atoms with Crippen molar-refractivity contribution in [2.24, 2.45) is 11.3 Å². The Morgan fingerprint density at radius 2 is 2.00 bits per heavy atom. The van der Waals surface area contributed by atoms with Gasteiger partial charge in [-0.05, 0) is 50.0 Å². The normalized spacial score (nSPS) is 28.5. The summed E-state index contributed by atoms with van der Waals surface area (Å²) in [5.41, 5.74) is 0.324. The second-order valence-electron chi connectivity index (χ2n) is 7.41. The molecule has 0 heterocycles. The Morgan fingerprint density at radius 3 is 2.57 bits per heavy atom. The van der Waals surface area contributed by atoms with Crippen LogP contribution in [0.4, 0.5) is 0 Å². The smallest absolute Gasteiger partial charge is 0.0504 e. The summed E-state index contributed by atoms with van der Waals surface area (Å²) in [5, 5.41) is 3.95. The molecule has 3 nitrogen and oxygen atoms in total. The topological polar surface area (TPSA) is 38.3 Å². The summed E-state index contributed by atoms with van der Waals surface area (Å²) in [7, 11) is 0.974. The van der Waals surface area contributed by atoms with Crippen LogP contribution < -0.4 is 5.32 Å². The molecular weight excluding hydrogens is 282 g/mol. The largest absolute Gasteiger partial charge is 0.385 e. The van der Waals surface area contributed by atoms with Crippen LogP contribution in [0.25, 0.3) is 0 Å². The van der Waals surface area contributed by atoms with Gasteiger partial charge in [0.05, 0.1) is 5.25 Å². The quantitative estimate of drug-likeness (QED) is 0.698. The summed E-state index contributed by atoms with van der Waals surface area (Å²) < 4.78 is 17.8. The monoisotopic (exact) mass is 317 g/mol. The van der Waals surface area contributed by atoms with E-state index < -0.39 is 10.8 Å². The molecule has 126 valence electrons. The minimum absolute atomic E-state index is 0.311. The van der Waals surface area contributed by atoms with Crippen LogP contribution in [0.2, 0.25) is 0 Å². The van der Waals surface area contributed by atoms with Crippen LogP contribution in [0.3, 0.4) is 0 Å². The fourth-order valence-electron chi connectivity index (χ4n) is 3.27. The molecule has 21 heavy (non-hydrogen) atoms. The van der Waals surface area contributed by atoms with Crippen molar-refractivity contribution in [2.45, 2.75) is 71.1 Å². The summed E-state index contributed by atoms with van der Waals surface area (Å²) in [6.45, 7) is 10.9.